The highest BCUT2D eigenvalue weighted by Gasteiger charge is 2.74. The van der Waals surface area contributed by atoms with Gasteiger partial charge in [-0.2, -0.15) is 0 Å². The number of carbonyl (C=O) groups is 3. The van der Waals surface area contributed by atoms with Crippen LogP contribution in [-0.2, 0) is 24.5 Å². The number of ether oxygens (including phenoxy) is 2. The van der Waals surface area contributed by atoms with Gasteiger partial charge in [-0.15, -0.1) is 0 Å². The average Bonchev–Trinajstić information content (AvgIpc) is 3.63. The summed E-state index contributed by atoms with van der Waals surface area (Å²) in [5.41, 5.74) is 2.29. The summed E-state index contributed by atoms with van der Waals surface area (Å²) in [5, 5.41) is 12.7. The van der Waals surface area contributed by atoms with Gasteiger partial charge in [0.2, 0.25) is 11.8 Å². The second kappa shape index (κ2) is 14.0. The van der Waals surface area contributed by atoms with Gasteiger partial charge in [-0.1, -0.05) is 110 Å². The molecule has 9 nitrogen and oxygen atoms in total. The average molecular weight is 686 g/mol. The van der Waals surface area contributed by atoms with E-state index >= 15 is 9.59 Å². The fourth-order valence-electron chi connectivity index (χ4n) is 9.13. The third-order valence-electron chi connectivity index (χ3n) is 11.2. The number of rotatable bonds is 7. The predicted molar refractivity (Wildman–Crippen MR) is 192 cm³/mol. The number of benzene rings is 4. The molecule has 6 atom stereocenters. The number of fused-ring (bicyclic) bond motifs is 3. The maximum absolute atomic E-state index is 15.4. The van der Waals surface area contributed by atoms with Crippen LogP contribution in [0.5, 0.6) is 5.75 Å². The predicted octanol–water partition coefficient (Wildman–Crippen LogP) is 6.12. The minimum atomic E-state index is -1.49. The van der Waals surface area contributed by atoms with Crippen molar-refractivity contribution in [3.63, 3.8) is 0 Å². The standard InChI is InChI=1S/C42H43N3O6/c46-25-26-50-31-20-14-19-30(27-31)38-42(32-21-10-11-22-33(32)43-41(42)49)34(39(47)44-23-12-2-1-3-13-24-44)36-40(48)51-37(29-17-8-5-9-18-29)35(45(36)38)28-15-6-4-7-16-28/h4-11,14-22,27,34-38,46H,1-3,12-13,23-26H2,(H,43,49). The Morgan fingerprint density at radius 1 is 0.784 bits per heavy atom. The molecule has 0 saturated carbocycles. The first-order valence-electron chi connectivity index (χ1n) is 18.1. The van der Waals surface area contributed by atoms with Gasteiger partial charge in [0.05, 0.1) is 24.6 Å². The summed E-state index contributed by atoms with van der Waals surface area (Å²) in [4.78, 5) is 49.5. The van der Waals surface area contributed by atoms with Crippen molar-refractivity contribution in [3.05, 3.63) is 131 Å². The zero-order valence-electron chi connectivity index (χ0n) is 28.5. The van der Waals surface area contributed by atoms with Crippen molar-refractivity contribution in [3.8, 4) is 5.75 Å². The van der Waals surface area contributed by atoms with Crippen LogP contribution in [0.2, 0.25) is 0 Å². The number of amides is 2. The maximum Gasteiger partial charge on any atom is 0.324 e. The lowest BCUT2D eigenvalue weighted by Crippen LogP contribution is -2.55. The second-order valence-corrected chi connectivity index (χ2v) is 14.0. The summed E-state index contributed by atoms with van der Waals surface area (Å²) in [6, 6.07) is 32.3. The third kappa shape index (κ3) is 5.59. The maximum atomic E-state index is 15.4. The Balaban J connectivity index is 1.41. The molecule has 4 aliphatic heterocycles. The van der Waals surface area contributed by atoms with Crippen LogP contribution in [0.3, 0.4) is 0 Å². The second-order valence-electron chi connectivity index (χ2n) is 14.0. The highest BCUT2D eigenvalue weighted by Crippen LogP contribution is 2.65. The lowest BCUT2D eigenvalue weighted by atomic mass is 9.65. The number of hydrogen-bond donors (Lipinski definition) is 2. The number of nitrogens with zero attached hydrogens (tertiary/aromatic N) is 2. The molecule has 4 aliphatic rings. The van der Waals surface area contributed by atoms with Crippen LogP contribution in [-0.4, -0.2) is 65.0 Å². The Hall–Kier alpha value is -4.99. The molecule has 0 aliphatic carbocycles. The zero-order chi connectivity index (χ0) is 35.0. The van der Waals surface area contributed by atoms with E-state index in [0.29, 0.717) is 30.1 Å². The molecule has 4 aromatic carbocycles. The van der Waals surface area contributed by atoms with Crippen molar-refractivity contribution in [1.82, 2.24) is 9.80 Å². The fourth-order valence-corrected chi connectivity index (χ4v) is 9.13. The molecule has 4 aromatic rings. The molecule has 0 radical (unpaired) electrons. The number of para-hydroxylation sites is 1. The number of carbonyl (C=O) groups excluding carboxylic acids is 3. The van der Waals surface area contributed by atoms with Crippen molar-refractivity contribution in [2.45, 2.75) is 61.7 Å². The summed E-state index contributed by atoms with van der Waals surface area (Å²) in [6.45, 7) is 1.08. The van der Waals surface area contributed by atoms with Crippen LogP contribution < -0.4 is 10.1 Å². The number of anilines is 1. The van der Waals surface area contributed by atoms with E-state index in [9.17, 15) is 9.90 Å². The summed E-state index contributed by atoms with van der Waals surface area (Å²) < 4.78 is 12.4. The lowest BCUT2D eigenvalue weighted by Gasteiger charge is -2.46. The third-order valence-corrected chi connectivity index (χ3v) is 11.2. The van der Waals surface area contributed by atoms with Crippen LogP contribution in [0, 0.1) is 5.92 Å². The molecule has 3 fully saturated rings. The zero-order valence-corrected chi connectivity index (χ0v) is 28.5. The Morgan fingerprint density at radius 3 is 2.16 bits per heavy atom. The van der Waals surface area contributed by atoms with E-state index in [1.54, 1.807) is 0 Å². The summed E-state index contributed by atoms with van der Waals surface area (Å²) in [7, 11) is 0. The number of cyclic esters (lactones) is 1. The lowest BCUT2D eigenvalue weighted by molar-refractivity contribution is -0.179. The number of aliphatic hydroxyl groups is 1. The fraction of sp³-hybridized carbons (Fsp3) is 0.357. The monoisotopic (exact) mass is 685 g/mol. The minimum absolute atomic E-state index is 0.0973. The molecule has 8 rings (SSSR count). The van der Waals surface area contributed by atoms with Gasteiger partial charge in [-0.3, -0.25) is 19.3 Å². The number of likely N-dealkylation sites (tertiary alicyclic amines) is 1. The van der Waals surface area contributed by atoms with Gasteiger partial charge < -0.3 is 24.8 Å². The van der Waals surface area contributed by atoms with Crippen LogP contribution >= 0.6 is 0 Å². The minimum Gasteiger partial charge on any atom is -0.491 e. The molecule has 262 valence electrons. The number of aliphatic hydroxyl groups excluding tert-OH is 1. The van der Waals surface area contributed by atoms with E-state index in [0.717, 1.165) is 48.8 Å². The molecular formula is C42H43N3O6. The Bertz CT molecular complexity index is 1900. The topological polar surface area (TPSA) is 108 Å². The quantitative estimate of drug-likeness (QED) is 0.226. The molecular weight excluding hydrogens is 642 g/mol. The number of esters is 1. The van der Waals surface area contributed by atoms with Gasteiger partial charge in [-0.25, -0.2) is 0 Å². The highest BCUT2D eigenvalue weighted by molar-refractivity contribution is 6.12. The molecule has 0 aromatic heterocycles. The molecule has 51 heavy (non-hydrogen) atoms. The van der Waals surface area contributed by atoms with Crippen molar-refractivity contribution >= 4 is 23.5 Å². The Morgan fingerprint density at radius 2 is 1.43 bits per heavy atom. The van der Waals surface area contributed by atoms with E-state index in [4.69, 9.17) is 9.47 Å². The highest BCUT2D eigenvalue weighted by atomic mass is 16.6. The SMILES string of the molecule is O=C1OC(c2ccccc2)C(c2ccccc2)N2C1C(C(=O)N1CCCCCCC1)C1(C(=O)Nc3ccccc31)C2c1cccc(OCCO)c1. The first kappa shape index (κ1) is 33.2. The first-order valence-corrected chi connectivity index (χ1v) is 18.1. The van der Waals surface area contributed by atoms with Crippen molar-refractivity contribution in [2.24, 2.45) is 5.92 Å². The van der Waals surface area contributed by atoms with E-state index in [2.05, 4.69) is 10.2 Å². The Kier molecular flexibility index (Phi) is 9.08. The number of morpholine rings is 1. The molecule has 9 heteroatoms. The molecule has 3 saturated heterocycles. The van der Waals surface area contributed by atoms with Gasteiger partial charge in [-0.05, 0) is 53.3 Å². The molecule has 2 amide bonds. The molecule has 4 heterocycles. The van der Waals surface area contributed by atoms with Gasteiger partial charge in [0, 0.05) is 18.8 Å². The van der Waals surface area contributed by atoms with E-state index in [1.807, 2.05) is 114 Å². The normalized spacial score (nSPS) is 27.5. The molecule has 6 unspecified atom stereocenters. The van der Waals surface area contributed by atoms with E-state index in [1.165, 1.54) is 0 Å². The number of nitrogens with one attached hydrogen (secondary N) is 1. The van der Waals surface area contributed by atoms with Crippen LogP contribution in [0.15, 0.2) is 109 Å². The Labute approximate surface area is 298 Å². The van der Waals surface area contributed by atoms with Gasteiger partial charge in [0.15, 0.2) is 0 Å². The van der Waals surface area contributed by atoms with E-state index < -0.39 is 41.5 Å². The smallest absolute Gasteiger partial charge is 0.324 e. The molecule has 2 N–H and O–H groups in total. The van der Waals surface area contributed by atoms with Crippen LogP contribution in [0.1, 0.15) is 72.5 Å². The van der Waals surface area contributed by atoms with Crippen LogP contribution in [0.4, 0.5) is 5.69 Å². The largest absolute Gasteiger partial charge is 0.491 e. The van der Waals surface area contributed by atoms with Crippen molar-refractivity contribution in [1.29, 1.82) is 0 Å². The summed E-state index contributed by atoms with van der Waals surface area (Å²) in [6.07, 6.45) is 4.19. The van der Waals surface area contributed by atoms with Crippen LogP contribution in [0.25, 0.3) is 0 Å². The first-order chi connectivity index (χ1) is 25.0. The van der Waals surface area contributed by atoms with E-state index in [-0.39, 0.29) is 25.0 Å². The van der Waals surface area contributed by atoms with Gasteiger partial charge in [0.1, 0.15) is 29.9 Å². The van der Waals surface area contributed by atoms with Crippen molar-refractivity contribution in [2.75, 3.05) is 31.6 Å². The molecule has 0 bridgehead atoms. The number of hydrogen-bond acceptors (Lipinski definition) is 7. The van der Waals surface area contributed by atoms with Gasteiger partial charge in [0.25, 0.3) is 0 Å². The summed E-state index contributed by atoms with van der Waals surface area (Å²) >= 11 is 0. The van der Waals surface area contributed by atoms with Crippen molar-refractivity contribution < 1.29 is 29.0 Å². The summed E-state index contributed by atoms with van der Waals surface area (Å²) in [5.74, 6) is -1.59. The molecule has 1 spiro atoms. The van der Waals surface area contributed by atoms with Gasteiger partial charge >= 0.3 is 5.97 Å².